The van der Waals surface area contributed by atoms with E-state index in [2.05, 4.69) is 61.2 Å². The number of allylic oxidation sites excluding steroid dienone is 1. The van der Waals surface area contributed by atoms with E-state index in [1.807, 2.05) is 6.92 Å². The Morgan fingerprint density at radius 1 is 1.16 bits per heavy atom. The standard InChI is InChI=1S/C12H17N.C3H6.C2H5N/c1-13-9-7-12(8-10-13)11-5-3-2-4-6-11;1-3-2;1-2-3/h2-6,12H,7-10H2,1H3;3H,1H2,2H3;2H,1,3H2. The monoisotopic (exact) mass is 260 g/mol. The molecule has 0 atom stereocenters. The highest BCUT2D eigenvalue weighted by Gasteiger charge is 2.17. The molecule has 1 saturated heterocycles. The number of nitrogens with zero attached hydrogens (tertiary/aromatic N) is 1. The second-order valence-corrected chi connectivity index (χ2v) is 4.63. The first-order valence-electron chi connectivity index (χ1n) is 6.82. The Bertz CT molecular complexity index is 318. The smallest absolute Gasteiger partial charge is 0.00159 e. The highest BCUT2D eigenvalue weighted by molar-refractivity contribution is 5.19. The Labute approximate surface area is 118 Å². The van der Waals surface area contributed by atoms with Gasteiger partial charge in [-0.25, -0.2) is 0 Å². The molecule has 19 heavy (non-hydrogen) atoms. The molecule has 2 rings (SSSR count). The summed E-state index contributed by atoms with van der Waals surface area (Å²) in [6, 6.07) is 10.9. The molecule has 0 aliphatic carbocycles. The van der Waals surface area contributed by atoms with Crippen LogP contribution in [0.1, 0.15) is 31.2 Å². The number of hydrogen-bond donors (Lipinski definition) is 1. The summed E-state index contributed by atoms with van der Waals surface area (Å²) in [4.78, 5) is 2.42. The molecule has 0 spiro atoms. The van der Waals surface area contributed by atoms with Crippen molar-refractivity contribution in [2.45, 2.75) is 25.7 Å². The number of rotatable bonds is 1. The molecular formula is C17H28N2. The molecule has 0 unspecified atom stereocenters. The van der Waals surface area contributed by atoms with E-state index in [1.54, 1.807) is 6.08 Å². The van der Waals surface area contributed by atoms with E-state index in [1.165, 1.54) is 37.7 Å². The first-order valence-corrected chi connectivity index (χ1v) is 6.82. The van der Waals surface area contributed by atoms with E-state index in [0.29, 0.717) is 0 Å². The van der Waals surface area contributed by atoms with E-state index in [-0.39, 0.29) is 0 Å². The van der Waals surface area contributed by atoms with Crippen molar-refractivity contribution in [3.05, 3.63) is 61.3 Å². The van der Waals surface area contributed by atoms with Crippen molar-refractivity contribution in [2.75, 3.05) is 20.1 Å². The van der Waals surface area contributed by atoms with Gasteiger partial charge >= 0.3 is 0 Å². The molecule has 0 aromatic heterocycles. The zero-order chi connectivity index (χ0) is 14.5. The summed E-state index contributed by atoms with van der Waals surface area (Å²) in [6.07, 6.45) is 5.64. The van der Waals surface area contributed by atoms with Crippen LogP contribution in [0.3, 0.4) is 0 Å². The lowest BCUT2D eigenvalue weighted by atomic mass is 9.90. The summed E-state index contributed by atoms with van der Waals surface area (Å²) in [6.45, 7) is 10.9. The summed E-state index contributed by atoms with van der Waals surface area (Å²) in [5, 5.41) is 0. The first kappa shape index (κ1) is 17.5. The van der Waals surface area contributed by atoms with Crippen molar-refractivity contribution in [3.63, 3.8) is 0 Å². The maximum atomic E-state index is 4.61. The van der Waals surface area contributed by atoms with Crippen LogP contribution in [-0.4, -0.2) is 25.0 Å². The topological polar surface area (TPSA) is 29.3 Å². The fourth-order valence-corrected chi connectivity index (χ4v) is 2.07. The molecule has 2 nitrogen and oxygen atoms in total. The third-order valence-electron chi connectivity index (χ3n) is 2.99. The zero-order valence-corrected chi connectivity index (χ0v) is 12.4. The lowest BCUT2D eigenvalue weighted by Gasteiger charge is -2.29. The Kier molecular flexibility index (Phi) is 10.6. The predicted molar refractivity (Wildman–Crippen MR) is 86.2 cm³/mol. The van der Waals surface area contributed by atoms with Crippen molar-refractivity contribution >= 4 is 0 Å². The van der Waals surface area contributed by atoms with Crippen molar-refractivity contribution in [3.8, 4) is 0 Å². The van der Waals surface area contributed by atoms with Gasteiger partial charge in [0.1, 0.15) is 0 Å². The molecule has 1 aliphatic heterocycles. The molecule has 1 aromatic rings. The third-order valence-corrected chi connectivity index (χ3v) is 2.99. The third kappa shape index (κ3) is 8.22. The second kappa shape index (κ2) is 11.5. The SMILES string of the molecule is C=CC.C=CN.CN1CCC(c2ccccc2)CC1. The van der Waals surface area contributed by atoms with Crippen LogP contribution in [0.25, 0.3) is 0 Å². The highest BCUT2D eigenvalue weighted by Crippen LogP contribution is 2.26. The van der Waals surface area contributed by atoms with Gasteiger partial charge in [0, 0.05) is 0 Å². The van der Waals surface area contributed by atoms with Crippen LogP contribution in [0.4, 0.5) is 0 Å². The van der Waals surface area contributed by atoms with Crippen LogP contribution in [0.15, 0.2) is 55.8 Å². The van der Waals surface area contributed by atoms with Gasteiger partial charge in [-0.3, -0.25) is 0 Å². The van der Waals surface area contributed by atoms with Gasteiger partial charge in [0.25, 0.3) is 0 Å². The van der Waals surface area contributed by atoms with Gasteiger partial charge in [0.2, 0.25) is 0 Å². The predicted octanol–water partition coefficient (Wildman–Crippen LogP) is 3.78. The fraction of sp³-hybridized carbons (Fsp3) is 0.412. The molecule has 106 valence electrons. The van der Waals surface area contributed by atoms with Gasteiger partial charge < -0.3 is 10.6 Å². The molecular weight excluding hydrogens is 232 g/mol. The van der Waals surface area contributed by atoms with Crippen molar-refractivity contribution < 1.29 is 0 Å². The molecule has 0 bridgehead atoms. The van der Waals surface area contributed by atoms with Gasteiger partial charge in [-0.15, -0.1) is 6.58 Å². The van der Waals surface area contributed by atoms with Crippen LogP contribution in [0, 0.1) is 0 Å². The van der Waals surface area contributed by atoms with Gasteiger partial charge in [-0.05, 0) is 57.6 Å². The summed E-state index contributed by atoms with van der Waals surface area (Å²) >= 11 is 0. The molecule has 1 fully saturated rings. The van der Waals surface area contributed by atoms with Gasteiger partial charge in [0.05, 0.1) is 0 Å². The van der Waals surface area contributed by atoms with Crippen molar-refractivity contribution in [1.29, 1.82) is 0 Å². The van der Waals surface area contributed by atoms with Crippen LogP contribution in [0.5, 0.6) is 0 Å². The van der Waals surface area contributed by atoms with E-state index in [0.717, 1.165) is 5.92 Å². The summed E-state index contributed by atoms with van der Waals surface area (Å²) < 4.78 is 0. The highest BCUT2D eigenvalue weighted by atomic mass is 15.1. The number of nitrogens with two attached hydrogens (primary N) is 1. The summed E-state index contributed by atoms with van der Waals surface area (Å²) in [7, 11) is 2.21. The van der Waals surface area contributed by atoms with E-state index >= 15 is 0 Å². The minimum absolute atomic E-state index is 0.803. The lowest BCUT2D eigenvalue weighted by Crippen LogP contribution is -2.29. The molecule has 2 N–H and O–H groups in total. The Balaban J connectivity index is 0.000000465. The maximum absolute atomic E-state index is 4.61. The molecule has 0 radical (unpaired) electrons. The van der Waals surface area contributed by atoms with Crippen LogP contribution in [0.2, 0.25) is 0 Å². The summed E-state index contributed by atoms with van der Waals surface area (Å²) in [5.74, 6) is 0.803. The molecule has 1 aromatic carbocycles. The molecule has 2 heteroatoms. The first-order chi connectivity index (χ1) is 9.19. The van der Waals surface area contributed by atoms with Crippen LogP contribution < -0.4 is 5.73 Å². The molecule has 1 heterocycles. The van der Waals surface area contributed by atoms with E-state index < -0.39 is 0 Å². The Morgan fingerprint density at radius 2 is 1.58 bits per heavy atom. The van der Waals surface area contributed by atoms with Crippen molar-refractivity contribution in [2.24, 2.45) is 5.73 Å². The molecule has 0 amide bonds. The van der Waals surface area contributed by atoms with Gasteiger partial charge in [-0.1, -0.05) is 43.0 Å². The summed E-state index contributed by atoms with van der Waals surface area (Å²) in [5.41, 5.74) is 6.13. The largest absolute Gasteiger partial charge is 0.405 e. The van der Waals surface area contributed by atoms with Gasteiger partial charge in [-0.2, -0.15) is 0 Å². The normalized spacial score (nSPS) is 15.3. The molecule has 0 saturated carbocycles. The lowest BCUT2D eigenvalue weighted by molar-refractivity contribution is 0.255. The Morgan fingerprint density at radius 3 is 2.00 bits per heavy atom. The molecule has 1 aliphatic rings. The van der Waals surface area contributed by atoms with E-state index in [9.17, 15) is 0 Å². The van der Waals surface area contributed by atoms with Gasteiger partial charge in [0.15, 0.2) is 0 Å². The average Bonchev–Trinajstić information content (AvgIpc) is 2.42. The van der Waals surface area contributed by atoms with Crippen molar-refractivity contribution in [1.82, 2.24) is 4.90 Å². The number of piperidine rings is 1. The second-order valence-electron chi connectivity index (χ2n) is 4.63. The van der Waals surface area contributed by atoms with Crippen LogP contribution >= 0.6 is 0 Å². The van der Waals surface area contributed by atoms with E-state index in [4.69, 9.17) is 0 Å². The number of likely N-dealkylation sites (tertiary alicyclic amines) is 1. The quantitative estimate of drug-likeness (QED) is 0.779. The Hall–Kier alpha value is -1.54. The fourth-order valence-electron chi connectivity index (χ4n) is 2.07. The maximum Gasteiger partial charge on any atom is -0.00159 e. The zero-order valence-electron chi connectivity index (χ0n) is 12.4. The van der Waals surface area contributed by atoms with Crippen LogP contribution in [-0.2, 0) is 0 Å². The number of benzene rings is 1. The average molecular weight is 260 g/mol. The minimum atomic E-state index is 0.803. The minimum Gasteiger partial charge on any atom is -0.405 e. The number of hydrogen-bond acceptors (Lipinski definition) is 2.